The van der Waals surface area contributed by atoms with Gasteiger partial charge in [0.05, 0.1) is 0 Å². The van der Waals surface area contributed by atoms with Gasteiger partial charge in [0.2, 0.25) is 5.91 Å². The van der Waals surface area contributed by atoms with Crippen LogP contribution >= 0.6 is 0 Å². The Hall–Kier alpha value is -2.90. The van der Waals surface area contributed by atoms with Gasteiger partial charge in [-0.05, 0) is 40.2 Å². The quantitative estimate of drug-likeness (QED) is 0.709. The molecule has 0 radical (unpaired) electrons. The number of carbonyl (C=O) groups excluding carboxylic acids is 2. The lowest BCUT2D eigenvalue weighted by molar-refractivity contribution is -0.123. The molecule has 0 saturated heterocycles. The summed E-state index contributed by atoms with van der Waals surface area (Å²) in [6.07, 6.45) is 1.99. The molecule has 2 aromatic rings. The Morgan fingerprint density at radius 1 is 1.17 bits per heavy atom. The molecule has 0 spiro atoms. The molecule has 8 heteroatoms. The summed E-state index contributed by atoms with van der Waals surface area (Å²) in [5, 5.41) is 13.6. The van der Waals surface area contributed by atoms with E-state index in [2.05, 4.69) is 20.8 Å². The minimum absolute atomic E-state index is 0.246. The van der Waals surface area contributed by atoms with Crippen molar-refractivity contribution in [2.24, 2.45) is 0 Å². The van der Waals surface area contributed by atoms with Crippen molar-refractivity contribution in [3.63, 3.8) is 0 Å². The lowest BCUT2D eigenvalue weighted by Gasteiger charge is -2.23. The molecule has 2 N–H and O–H groups in total. The molecule has 29 heavy (non-hydrogen) atoms. The lowest BCUT2D eigenvalue weighted by atomic mass is 10.1. The molecule has 0 saturated carbocycles. The van der Waals surface area contributed by atoms with Crippen LogP contribution in [0.2, 0.25) is 0 Å². The average molecular weight is 402 g/mol. The average Bonchev–Trinajstić information content (AvgIpc) is 3.09. The molecular formula is C21H31N5O3. The predicted octanol–water partition coefficient (Wildman–Crippen LogP) is 2.65. The van der Waals surface area contributed by atoms with Gasteiger partial charge in [0.15, 0.2) is 0 Å². The van der Waals surface area contributed by atoms with Gasteiger partial charge >= 0.3 is 6.09 Å². The normalized spacial score (nSPS) is 12.5. The molecule has 1 atom stereocenters. The van der Waals surface area contributed by atoms with E-state index in [1.54, 1.807) is 27.1 Å². The number of ether oxygens (including phenoxy) is 1. The van der Waals surface area contributed by atoms with Crippen LogP contribution in [-0.2, 0) is 22.4 Å². The Balaban J connectivity index is 1.99. The van der Waals surface area contributed by atoms with E-state index in [4.69, 9.17) is 4.74 Å². The smallest absolute Gasteiger partial charge is 0.408 e. The molecule has 0 aliphatic carbocycles. The summed E-state index contributed by atoms with van der Waals surface area (Å²) >= 11 is 0. The maximum absolute atomic E-state index is 12.8. The second-order valence-electron chi connectivity index (χ2n) is 8.18. The molecule has 1 unspecified atom stereocenters. The van der Waals surface area contributed by atoms with Crippen molar-refractivity contribution < 1.29 is 14.3 Å². The number of aromatic nitrogens is 3. The number of amides is 2. The molecule has 0 fully saturated rings. The van der Waals surface area contributed by atoms with Gasteiger partial charge in [-0.3, -0.25) is 4.79 Å². The fourth-order valence-electron chi connectivity index (χ4n) is 2.81. The maximum Gasteiger partial charge on any atom is 0.408 e. The summed E-state index contributed by atoms with van der Waals surface area (Å²) in [7, 11) is 0. The topological polar surface area (TPSA) is 98.1 Å². The molecule has 2 rings (SSSR count). The Kier molecular flexibility index (Phi) is 7.75. The molecule has 0 aliphatic rings. The molecule has 0 bridgehead atoms. The molecule has 1 aromatic heterocycles. The third-order valence-corrected chi connectivity index (χ3v) is 4.14. The number of nitrogens with one attached hydrogen (secondary N) is 2. The summed E-state index contributed by atoms with van der Waals surface area (Å²) in [5.41, 5.74) is 0.307. The number of alkyl carbamates (subject to hydrolysis) is 1. The van der Waals surface area contributed by atoms with Crippen LogP contribution in [0.5, 0.6) is 0 Å². The van der Waals surface area contributed by atoms with Gasteiger partial charge in [0.1, 0.15) is 23.8 Å². The van der Waals surface area contributed by atoms with Crippen molar-refractivity contribution in [3.05, 3.63) is 48.0 Å². The van der Waals surface area contributed by atoms with Crippen molar-refractivity contribution in [1.82, 2.24) is 25.4 Å². The monoisotopic (exact) mass is 401 g/mol. The first-order chi connectivity index (χ1) is 13.7. The van der Waals surface area contributed by atoms with Gasteiger partial charge in [-0.25, -0.2) is 4.79 Å². The van der Waals surface area contributed by atoms with E-state index in [9.17, 15) is 9.59 Å². The SMILES string of the molecule is CC(C)n1cnnc1CCNC(=O)C(Cc1ccccc1)NC(=O)OC(C)(C)C. The van der Waals surface area contributed by atoms with Gasteiger partial charge in [0, 0.05) is 25.4 Å². The van der Waals surface area contributed by atoms with E-state index in [0.29, 0.717) is 19.4 Å². The molecule has 2 amide bonds. The Morgan fingerprint density at radius 2 is 1.86 bits per heavy atom. The molecule has 8 nitrogen and oxygen atoms in total. The van der Waals surface area contributed by atoms with Crippen molar-refractivity contribution in [1.29, 1.82) is 0 Å². The molecule has 0 aliphatic heterocycles. The highest BCUT2D eigenvalue weighted by Gasteiger charge is 2.24. The Bertz CT molecular complexity index is 796. The lowest BCUT2D eigenvalue weighted by Crippen LogP contribution is -2.49. The molecule has 1 heterocycles. The van der Waals surface area contributed by atoms with Gasteiger partial charge in [-0.15, -0.1) is 10.2 Å². The number of carbonyl (C=O) groups is 2. The summed E-state index contributed by atoms with van der Waals surface area (Å²) in [4.78, 5) is 25.0. The van der Waals surface area contributed by atoms with Gasteiger partial charge in [0.25, 0.3) is 0 Å². The summed E-state index contributed by atoms with van der Waals surface area (Å²) in [6, 6.07) is 9.05. The number of rotatable bonds is 8. The second-order valence-corrected chi connectivity index (χ2v) is 8.18. The van der Waals surface area contributed by atoms with Gasteiger partial charge < -0.3 is 19.9 Å². The third-order valence-electron chi connectivity index (χ3n) is 4.14. The van der Waals surface area contributed by atoms with Crippen LogP contribution in [0, 0.1) is 0 Å². The molecular weight excluding hydrogens is 370 g/mol. The number of hydrogen-bond donors (Lipinski definition) is 2. The van der Waals surface area contributed by atoms with Crippen LogP contribution in [0.3, 0.4) is 0 Å². The zero-order valence-corrected chi connectivity index (χ0v) is 17.8. The zero-order valence-electron chi connectivity index (χ0n) is 17.8. The fourth-order valence-corrected chi connectivity index (χ4v) is 2.81. The maximum atomic E-state index is 12.8. The fraction of sp³-hybridized carbons (Fsp3) is 0.524. The zero-order chi connectivity index (χ0) is 21.4. The Morgan fingerprint density at radius 3 is 2.48 bits per heavy atom. The highest BCUT2D eigenvalue weighted by atomic mass is 16.6. The van der Waals surface area contributed by atoms with Crippen LogP contribution in [-0.4, -0.2) is 45.0 Å². The number of nitrogens with zero attached hydrogens (tertiary/aromatic N) is 3. The summed E-state index contributed by atoms with van der Waals surface area (Å²) < 4.78 is 7.27. The Labute approximate surface area is 172 Å². The van der Waals surface area contributed by atoms with Crippen molar-refractivity contribution in [2.45, 2.75) is 65.1 Å². The van der Waals surface area contributed by atoms with E-state index in [0.717, 1.165) is 11.4 Å². The van der Waals surface area contributed by atoms with Crippen molar-refractivity contribution >= 4 is 12.0 Å². The minimum atomic E-state index is -0.741. The van der Waals surface area contributed by atoms with E-state index < -0.39 is 17.7 Å². The highest BCUT2D eigenvalue weighted by molar-refractivity contribution is 5.86. The largest absolute Gasteiger partial charge is 0.444 e. The molecule has 1 aromatic carbocycles. The van der Waals surface area contributed by atoms with E-state index in [1.165, 1.54) is 0 Å². The first kappa shape index (κ1) is 22.4. The summed E-state index contributed by atoms with van der Waals surface area (Å²) in [5.74, 6) is 0.537. The molecule has 158 valence electrons. The standard InChI is InChI=1S/C21H31N5O3/c1-15(2)26-14-23-25-18(26)11-12-22-19(27)17(13-16-9-7-6-8-10-16)24-20(28)29-21(3,4)5/h6-10,14-15,17H,11-13H2,1-5H3,(H,22,27)(H,24,28). The van der Waals surface area contributed by atoms with Crippen LogP contribution in [0.25, 0.3) is 0 Å². The second kappa shape index (κ2) is 10.0. The van der Waals surface area contributed by atoms with Crippen LogP contribution in [0.1, 0.15) is 52.0 Å². The van der Waals surface area contributed by atoms with Crippen molar-refractivity contribution in [3.8, 4) is 0 Å². The number of benzene rings is 1. The minimum Gasteiger partial charge on any atom is -0.444 e. The first-order valence-electron chi connectivity index (χ1n) is 9.85. The van der Waals surface area contributed by atoms with E-state index in [1.807, 2.05) is 48.7 Å². The summed E-state index contributed by atoms with van der Waals surface area (Å²) in [6.45, 7) is 9.83. The first-order valence-corrected chi connectivity index (χ1v) is 9.85. The van der Waals surface area contributed by atoms with Crippen LogP contribution in [0.15, 0.2) is 36.7 Å². The van der Waals surface area contributed by atoms with Gasteiger partial charge in [-0.2, -0.15) is 0 Å². The predicted molar refractivity (Wildman–Crippen MR) is 110 cm³/mol. The van der Waals surface area contributed by atoms with E-state index in [-0.39, 0.29) is 11.9 Å². The number of hydrogen-bond acceptors (Lipinski definition) is 5. The van der Waals surface area contributed by atoms with Gasteiger partial charge in [-0.1, -0.05) is 30.3 Å². The highest BCUT2D eigenvalue weighted by Crippen LogP contribution is 2.09. The third kappa shape index (κ3) is 7.56. The van der Waals surface area contributed by atoms with Crippen LogP contribution in [0.4, 0.5) is 4.79 Å². The van der Waals surface area contributed by atoms with Crippen LogP contribution < -0.4 is 10.6 Å². The van der Waals surface area contributed by atoms with E-state index >= 15 is 0 Å². The van der Waals surface area contributed by atoms with Crippen molar-refractivity contribution in [2.75, 3.05) is 6.54 Å².